The predicted octanol–water partition coefficient (Wildman–Crippen LogP) is 1.25. The van der Waals surface area contributed by atoms with Crippen molar-refractivity contribution in [3.63, 3.8) is 0 Å². The molecule has 5 nitrogen and oxygen atoms in total. The summed E-state index contributed by atoms with van der Waals surface area (Å²) < 4.78 is 5.12. The molecule has 90 valence electrons. The third-order valence-electron chi connectivity index (χ3n) is 1.83. The standard InChI is InChI=1S/C10H16ClN3O2/c1-8-7-9(14-10(11)13-8)12-3-2-5-16-6-4-15/h7,15H,2-6H2,1H3,(H,12,13,14). The minimum absolute atomic E-state index is 0.0636. The van der Waals surface area contributed by atoms with Gasteiger partial charge in [-0.25, -0.2) is 9.97 Å². The van der Waals surface area contributed by atoms with Crippen molar-refractivity contribution in [1.29, 1.82) is 0 Å². The van der Waals surface area contributed by atoms with E-state index in [1.165, 1.54) is 0 Å². The van der Waals surface area contributed by atoms with Gasteiger partial charge in [-0.1, -0.05) is 0 Å². The highest BCUT2D eigenvalue weighted by Gasteiger charge is 1.98. The summed E-state index contributed by atoms with van der Waals surface area (Å²) >= 11 is 5.72. The number of aliphatic hydroxyl groups excluding tert-OH is 1. The summed E-state index contributed by atoms with van der Waals surface area (Å²) in [4.78, 5) is 8.00. The number of anilines is 1. The highest BCUT2D eigenvalue weighted by Crippen LogP contribution is 2.09. The molecule has 0 unspecified atom stereocenters. The maximum Gasteiger partial charge on any atom is 0.224 e. The van der Waals surface area contributed by atoms with Crippen molar-refractivity contribution in [2.45, 2.75) is 13.3 Å². The molecule has 2 N–H and O–H groups in total. The first-order valence-corrected chi connectivity index (χ1v) is 5.54. The number of ether oxygens (including phenoxy) is 1. The first-order valence-electron chi connectivity index (χ1n) is 5.16. The lowest BCUT2D eigenvalue weighted by Crippen LogP contribution is -2.09. The van der Waals surface area contributed by atoms with Crippen molar-refractivity contribution >= 4 is 17.4 Å². The van der Waals surface area contributed by atoms with Gasteiger partial charge >= 0.3 is 0 Å². The Balaban J connectivity index is 2.21. The van der Waals surface area contributed by atoms with Gasteiger partial charge in [0.15, 0.2) is 0 Å². The molecule has 1 rings (SSSR count). The quantitative estimate of drug-likeness (QED) is 0.559. The van der Waals surface area contributed by atoms with Crippen LogP contribution in [0.25, 0.3) is 0 Å². The first kappa shape index (κ1) is 13.2. The fourth-order valence-corrected chi connectivity index (χ4v) is 1.40. The maximum atomic E-state index is 8.49. The van der Waals surface area contributed by atoms with Crippen LogP contribution in [0.4, 0.5) is 5.82 Å². The Morgan fingerprint density at radius 1 is 1.44 bits per heavy atom. The second-order valence-electron chi connectivity index (χ2n) is 3.28. The van der Waals surface area contributed by atoms with Crippen LogP contribution < -0.4 is 5.32 Å². The Kier molecular flexibility index (Phi) is 6.07. The zero-order valence-corrected chi connectivity index (χ0v) is 10.00. The second-order valence-corrected chi connectivity index (χ2v) is 3.62. The van der Waals surface area contributed by atoms with E-state index in [9.17, 15) is 0 Å². The molecule has 0 aliphatic rings. The van der Waals surface area contributed by atoms with Gasteiger partial charge in [-0.3, -0.25) is 0 Å². The lowest BCUT2D eigenvalue weighted by atomic mass is 10.4. The van der Waals surface area contributed by atoms with Crippen molar-refractivity contribution in [3.8, 4) is 0 Å². The zero-order valence-electron chi connectivity index (χ0n) is 9.24. The lowest BCUT2D eigenvalue weighted by Gasteiger charge is -2.06. The van der Waals surface area contributed by atoms with Gasteiger partial charge in [0.05, 0.1) is 13.2 Å². The molecule has 1 heterocycles. The monoisotopic (exact) mass is 245 g/mol. The summed E-state index contributed by atoms with van der Waals surface area (Å²) in [6.07, 6.45) is 0.848. The SMILES string of the molecule is Cc1cc(NCCCOCCO)nc(Cl)n1. The number of aromatic nitrogens is 2. The van der Waals surface area contributed by atoms with E-state index < -0.39 is 0 Å². The molecule has 0 fully saturated rings. The van der Waals surface area contributed by atoms with Crippen LogP contribution in [0, 0.1) is 6.92 Å². The smallest absolute Gasteiger partial charge is 0.224 e. The van der Waals surface area contributed by atoms with Crippen LogP contribution in [-0.4, -0.2) is 41.4 Å². The molecule has 16 heavy (non-hydrogen) atoms. The minimum atomic E-state index is 0.0636. The summed E-state index contributed by atoms with van der Waals surface area (Å²) in [5, 5.41) is 11.9. The number of aryl methyl sites for hydroxylation is 1. The van der Waals surface area contributed by atoms with E-state index in [4.69, 9.17) is 21.4 Å². The van der Waals surface area contributed by atoms with E-state index in [1.807, 2.05) is 13.0 Å². The zero-order chi connectivity index (χ0) is 11.8. The van der Waals surface area contributed by atoms with Gasteiger partial charge in [-0.2, -0.15) is 0 Å². The van der Waals surface area contributed by atoms with E-state index in [1.54, 1.807) is 0 Å². The molecule has 0 atom stereocenters. The van der Waals surface area contributed by atoms with Crippen molar-refractivity contribution in [2.24, 2.45) is 0 Å². The lowest BCUT2D eigenvalue weighted by molar-refractivity contribution is 0.0922. The second kappa shape index (κ2) is 7.38. The molecule has 0 saturated heterocycles. The summed E-state index contributed by atoms with van der Waals surface area (Å²) in [6.45, 7) is 3.68. The van der Waals surface area contributed by atoms with E-state index in [2.05, 4.69) is 15.3 Å². The molecule has 1 aromatic heterocycles. The van der Waals surface area contributed by atoms with Crippen LogP contribution in [0.2, 0.25) is 5.28 Å². The molecular formula is C10H16ClN3O2. The Morgan fingerprint density at radius 2 is 2.25 bits per heavy atom. The molecule has 1 aromatic rings. The fourth-order valence-electron chi connectivity index (χ4n) is 1.18. The Morgan fingerprint density at radius 3 is 2.94 bits per heavy atom. The molecule has 0 saturated carbocycles. The molecule has 0 amide bonds. The topological polar surface area (TPSA) is 67.3 Å². The summed E-state index contributed by atoms with van der Waals surface area (Å²) in [7, 11) is 0. The van der Waals surface area contributed by atoms with Crippen LogP contribution in [0.1, 0.15) is 12.1 Å². The van der Waals surface area contributed by atoms with Crippen molar-refractivity contribution in [3.05, 3.63) is 17.0 Å². The number of nitrogens with zero attached hydrogens (tertiary/aromatic N) is 2. The molecule has 6 heteroatoms. The van der Waals surface area contributed by atoms with Crippen molar-refractivity contribution < 1.29 is 9.84 Å². The van der Waals surface area contributed by atoms with Gasteiger partial charge in [0.25, 0.3) is 0 Å². The minimum Gasteiger partial charge on any atom is -0.394 e. The summed E-state index contributed by atoms with van der Waals surface area (Å²) in [5.41, 5.74) is 0.832. The number of nitrogens with one attached hydrogen (secondary N) is 1. The largest absolute Gasteiger partial charge is 0.394 e. The van der Waals surface area contributed by atoms with Gasteiger partial charge in [0.2, 0.25) is 5.28 Å². The Bertz CT molecular complexity index is 303. The van der Waals surface area contributed by atoms with Gasteiger partial charge in [-0.15, -0.1) is 0 Å². The summed E-state index contributed by atoms with van der Waals surface area (Å²) in [6, 6.07) is 1.83. The van der Waals surface area contributed by atoms with Crippen LogP contribution >= 0.6 is 11.6 Å². The molecule has 0 spiro atoms. The summed E-state index contributed by atoms with van der Waals surface area (Å²) in [5.74, 6) is 0.722. The predicted molar refractivity (Wildman–Crippen MR) is 62.8 cm³/mol. The average molecular weight is 246 g/mol. The van der Waals surface area contributed by atoms with E-state index in [0.717, 1.165) is 24.5 Å². The molecule has 0 bridgehead atoms. The average Bonchev–Trinajstić information content (AvgIpc) is 2.22. The molecule has 0 radical (unpaired) electrons. The van der Waals surface area contributed by atoms with E-state index >= 15 is 0 Å². The normalized spacial score (nSPS) is 10.4. The number of aliphatic hydroxyl groups is 1. The molecular weight excluding hydrogens is 230 g/mol. The van der Waals surface area contributed by atoms with Crippen LogP contribution in [0.15, 0.2) is 6.07 Å². The number of rotatable bonds is 7. The van der Waals surface area contributed by atoms with Gasteiger partial charge in [-0.05, 0) is 24.9 Å². The van der Waals surface area contributed by atoms with E-state index in [-0.39, 0.29) is 11.9 Å². The highest BCUT2D eigenvalue weighted by molar-refractivity contribution is 6.28. The van der Waals surface area contributed by atoms with Gasteiger partial charge < -0.3 is 15.2 Å². The van der Waals surface area contributed by atoms with Gasteiger partial charge in [0.1, 0.15) is 5.82 Å². The highest BCUT2D eigenvalue weighted by atomic mass is 35.5. The van der Waals surface area contributed by atoms with Crippen LogP contribution in [-0.2, 0) is 4.74 Å². The van der Waals surface area contributed by atoms with E-state index in [0.29, 0.717) is 13.2 Å². The third-order valence-corrected chi connectivity index (χ3v) is 2.00. The Hall–Kier alpha value is -0.910. The molecule has 0 aliphatic heterocycles. The van der Waals surface area contributed by atoms with Gasteiger partial charge in [0, 0.05) is 24.9 Å². The number of hydrogen-bond donors (Lipinski definition) is 2. The van der Waals surface area contributed by atoms with Crippen LogP contribution in [0.5, 0.6) is 0 Å². The molecule has 0 aliphatic carbocycles. The number of halogens is 1. The van der Waals surface area contributed by atoms with Crippen LogP contribution in [0.3, 0.4) is 0 Å². The first-order chi connectivity index (χ1) is 7.72. The number of hydrogen-bond acceptors (Lipinski definition) is 5. The van der Waals surface area contributed by atoms with Crippen molar-refractivity contribution in [2.75, 3.05) is 31.7 Å². The third kappa shape index (κ3) is 5.25. The molecule has 0 aromatic carbocycles. The maximum absolute atomic E-state index is 8.49. The van der Waals surface area contributed by atoms with Crippen molar-refractivity contribution in [1.82, 2.24) is 9.97 Å². The Labute approximate surface area is 99.8 Å². The fraction of sp³-hybridized carbons (Fsp3) is 0.600.